The fraction of sp³-hybridized carbons (Fsp3) is 0.333. The fourth-order valence-corrected chi connectivity index (χ4v) is 3.06. The largest absolute Gasteiger partial charge is 0.508 e. The van der Waals surface area contributed by atoms with Crippen LogP contribution in [0, 0.1) is 27.7 Å². The molecule has 2 nitrogen and oxygen atoms in total. The van der Waals surface area contributed by atoms with Crippen molar-refractivity contribution in [2.24, 2.45) is 0 Å². The van der Waals surface area contributed by atoms with Gasteiger partial charge in [-0.25, -0.2) is 0 Å². The molecule has 0 saturated heterocycles. The van der Waals surface area contributed by atoms with Crippen LogP contribution >= 0.6 is 11.6 Å². The highest BCUT2D eigenvalue weighted by Crippen LogP contribution is 2.35. The van der Waals surface area contributed by atoms with Crippen LogP contribution < -0.4 is 0 Å². The lowest BCUT2D eigenvalue weighted by Crippen LogP contribution is -2.08. The van der Waals surface area contributed by atoms with Crippen LogP contribution in [-0.4, -0.2) is 16.1 Å². The first-order valence-corrected chi connectivity index (χ1v) is 7.54. The molecule has 0 aliphatic carbocycles. The van der Waals surface area contributed by atoms with Crippen molar-refractivity contribution in [3.8, 4) is 11.5 Å². The van der Waals surface area contributed by atoms with Crippen molar-refractivity contribution in [1.29, 1.82) is 0 Å². The zero-order valence-corrected chi connectivity index (χ0v) is 13.6. The highest BCUT2D eigenvalue weighted by atomic mass is 35.5. The average Bonchev–Trinajstić information content (AvgIpc) is 2.42. The predicted molar refractivity (Wildman–Crippen MR) is 87.7 cm³/mol. The molecule has 0 heterocycles. The molecule has 0 aliphatic heterocycles. The SMILES string of the molecule is Cc1cc(C(CCl)c2cc(C)c(O)cc2C)c(C)cc1O. The van der Waals surface area contributed by atoms with Crippen LogP contribution in [0.2, 0.25) is 0 Å². The van der Waals surface area contributed by atoms with E-state index in [2.05, 4.69) is 0 Å². The smallest absolute Gasteiger partial charge is 0.118 e. The summed E-state index contributed by atoms with van der Waals surface area (Å²) >= 11 is 6.24. The van der Waals surface area contributed by atoms with Gasteiger partial charge in [0.25, 0.3) is 0 Å². The molecule has 0 radical (unpaired) electrons. The van der Waals surface area contributed by atoms with Gasteiger partial charge in [0, 0.05) is 11.8 Å². The Morgan fingerprint density at radius 2 is 1.14 bits per heavy atom. The van der Waals surface area contributed by atoms with E-state index in [-0.39, 0.29) is 5.92 Å². The lowest BCUT2D eigenvalue weighted by molar-refractivity contribution is 0.470. The van der Waals surface area contributed by atoms with E-state index in [1.807, 2.05) is 39.8 Å². The van der Waals surface area contributed by atoms with Crippen molar-refractivity contribution in [3.63, 3.8) is 0 Å². The summed E-state index contributed by atoms with van der Waals surface area (Å²) in [5.74, 6) is 1.12. The van der Waals surface area contributed by atoms with Crippen molar-refractivity contribution in [3.05, 3.63) is 57.6 Å². The summed E-state index contributed by atoms with van der Waals surface area (Å²) in [7, 11) is 0. The van der Waals surface area contributed by atoms with E-state index in [9.17, 15) is 10.2 Å². The maximum atomic E-state index is 9.82. The number of hydrogen-bond donors (Lipinski definition) is 2. The summed E-state index contributed by atoms with van der Waals surface area (Å²) in [5.41, 5.74) is 5.97. The topological polar surface area (TPSA) is 40.5 Å². The van der Waals surface area contributed by atoms with Gasteiger partial charge in [0.1, 0.15) is 11.5 Å². The Kier molecular flexibility index (Phi) is 4.48. The van der Waals surface area contributed by atoms with Gasteiger partial charge < -0.3 is 10.2 Å². The fourth-order valence-electron chi connectivity index (χ4n) is 2.73. The van der Waals surface area contributed by atoms with Crippen LogP contribution in [0.15, 0.2) is 24.3 Å². The quantitative estimate of drug-likeness (QED) is 0.807. The molecule has 0 fully saturated rings. The molecule has 21 heavy (non-hydrogen) atoms. The van der Waals surface area contributed by atoms with E-state index >= 15 is 0 Å². The van der Waals surface area contributed by atoms with E-state index in [1.54, 1.807) is 12.1 Å². The molecular formula is C18H21ClO2. The Bertz CT molecular complexity index is 620. The van der Waals surface area contributed by atoms with Crippen LogP contribution in [0.3, 0.4) is 0 Å². The molecule has 0 unspecified atom stereocenters. The third kappa shape index (κ3) is 3.01. The Morgan fingerprint density at radius 1 is 0.762 bits per heavy atom. The Hall–Kier alpha value is -1.67. The van der Waals surface area contributed by atoms with Gasteiger partial charge in [-0.2, -0.15) is 0 Å². The summed E-state index contributed by atoms with van der Waals surface area (Å²) in [6.45, 7) is 7.74. The molecule has 0 aliphatic rings. The minimum absolute atomic E-state index is 0.0465. The number of phenols is 2. The lowest BCUT2D eigenvalue weighted by atomic mass is 9.85. The average molecular weight is 305 g/mol. The maximum Gasteiger partial charge on any atom is 0.118 e. The monoisotopic (exact) mass is 304 g/mol. The number of hydrogen-bond acceptors (Lipinski definition) is 2. The minimum Gasteiger partial charge on any atom is -0.508 e. The molecule has 2 aromatic carbocycles. The van der Waals surface area contributed by atoms with Gasteiger partial charge in [0.15, 0.2) is 0 Å². The zero-order chi connectivity index (χ0) is 15.7. The van der Waals surface area contributed by atoms with Crippen molar-refractivity contribution in [2.75, 3.05) is 5.88 Å². The predicted octanol–water partition coefficient (Wildman–Crippen LogP) is 4.70. The molecule has 3 heteroatoms. The number of aromatic hydroxyl groups is 2. The van der Waals surface area contributed by atoms with Crippen molar-refractivity contribution >= 4 is 11.6 Å². The maximum absolute atomic E-state index is 9.82. The third-order valence-electron chi connectivity index (χ3n) is 4.07. The summed E-state index contributed by atoms with van der Waals surface area (Å²) in [6.07, 6.45) is 0. The molecule has 0 bridgehead atoms. The second-order valence-corrected chi connectivity index (χ2v) is 6.01. The van der Waals surface area contributed by atoms with Crippen LogP contribution in [0.5, 0.6) is 11.5 Å². The van der Waals surface area contributed by atoms with Gasteiger partial charge in [-0.1, -0.05) is 12.1 Å². The zero-order valence-electron chi connectivity index (χ0n) is 12.9. The Balaban J connectivity index is 2.60. The molecule has 0 amide bonds. The standard InChI is InChI=1S/C18H21ClO2/c1-10-7-17(20)12(3)5-14(10)16(9-19)15-6-13(4)18(21)8-11(15)2/h5-8,16,20-21H,9H2,1-4H3. The molecule has 2 N–H and O–H groups in total. The first kappa shape index (κ1) is 15.7. The lowest BCUT2D eigenvalue weighted by Gasteiger charge is -2.21. The van der Waals surface area contributed by atoms with Gasteiger partial charge in [0.2, 0.25) is 0 Å². The van der Waals surface area contributed by atoms with Crippen LogP contribution in [0.1, 0.15) is 39.3 Å². The molecule has 0 spiro atoms. The second-order valence-electron chi connectivity index (χ2n) is 5.70. The van der Waals surface area contributed by atoms with Crippen molar-refractivity contribution in [2.45, 2.75) is 33.6 Å². The molecule has 0 atom stereocenters. The highest BCUT2D eigenvalue weighted by Gasteiger charge is 2.19. The second kappa shape index (κ2) is 5.98. The van der Waals surface area contributed by atoms with Gasteiger partial charge in [-0.05, 0) is 73.2 Å². The van der Waals surface area contributed by atoms with Gasteiger partial charge in [0.05, 0.1) is 0 Å². The summed E-state index contributed by atoms with van der Waals surface area (Å²) in [6, 6.07) is 7.57. The summed E-state index contributed by atoms with van der Waals surface area (Å²) < 4.78 is 0. The van der Waals surface area contributed by atoms with Crippen LogP contribution in [-0.2, 0) is 0 Å². The van der Waals surface area contributed by atoms with E-state index < -0.39 is 0 Å². The third-order valence-corrected chi connectivity index (χ3v) is 4.38. The molecule has 0 saturated carbocycles. The highest BCUT2D eigenvalue weighted by molar-refractivity contribution is 6.18. The number of rotatable bonds is 3. The number of alkyl halides is 1. The van der Waals surface area contributed by atoms with Gasteiger partial charge in [-0.3, -0.25) is 0 Å². The Labute approximate surface area is 131 Å². The van der Waals surface area contributed by atoms with E-state index in [1.165, 1.54) is 0 Å². The van der Waals surface area contributed by atoms with Gasteiger partial charge in [-0.15, -0.1) is 11.6 Å². The number of phenolic OH excluding ortho intramolecular Hbond substituents is 2. The first-order valence-electron chi connectivity index (χ1n) is 7.01. The van der Waals surface area contributed by atoms with Crippen LogP contribution in [0.25, 0.3) is 0 Å². The Morgan fingerprint density at radius 3 is 1.48 bits per heavy atom. The number of benzene rings is 2. The molecule has 2 rings (SSSR count). The van der Waals surface area contributed by atoms with Crippen molar-refractivity contribution < 1.29 is 10.2 Å². The van der Waals surface area contributed by atoms with E-state index in [0.29, 0.717) is 17.4 Å². The molecule has 2 aromatic rings. The van der Waals surface area contributed by atoms with E-state index in [0.717, 1.165) is 33.4 Å². The van der Waals surface area contributed by atoms with Gasteiger partial charge >= 0.3 is 0 Å². The van der Waals surface area contributed by atoms with Crippen LogP contribution in [0.4, 0.5) is 0 Å². The molecular weight excluding hydrogens is 284 g/mol. The van der Waals surface area contributed by atoms with E-state index in [4.69, 9.17) is 11.6 Å². The molecule has 112 valence electrons. The summed E-state index contributed by atoms with van der Waals surface area (Å²) in [5, 5.41) is 19.6. The molecule has 0 aromatic heterocycles. The number of halogens is 1. The normalized spacial score (nSPS) is 11.1. The number of aryl methyl sites for hydroxylation is 4. The summed E-state index contributed by atoms with van der Waals surface area (Å²) in [4.78, 5) is 0. The minimum atomic E-state index is 0.0465. The van der Waals surface area contributed by atoms with Crippen molar-refractivity contribution in [1.82, 2.24) is 0 Å². The first-order chi connectivity index (χ1) is 9.85.